The van der Waals surface area contributed by atoms with Crippen molar-refractivity contribution in [2.24, 2.45) is 16.3 Å². The molecule has 3 rings (SSSR count). The average molecular weight is 382 g/mol. The quantitative estimate of drug-likeness (QED) is 0.523. The maximum Gasteiger partial charge on any atom is 0.315 e. The van der Waals surface area contributed by atoms with Crippen LogP contribution in [0, 0.1) is 18.3 Å². The summed E-state index contributed by atoms with van der Waals surface area (Å²) in [6.07, 6.45) is 3.05. The number of Topliss-reactive ketones (excluding diaryl/α,β-unsaturated/α-hetero) is 1. The highest BCUT2D eigenvalue weighted by molar-refractivity contribution is 6.09. The maximum absolute atomic E-state index is 13.2. The number of carbonyl (C=O) groups is 2. The lowest BCUT2D eigenvalue weighted by Gasteiger charge is -2.39. The van der Waals surface area contributed by atoms with Gasteiger partial charge < -0.3 is 4.74 Å². The third-order valence-electron chi connectivity index (χ3n) is 5.73. The molecule has 1 unspecified atom stereocenters. The van der Waals surface area contributed by atoms with Crippen molar-refractivity contribution in [3.05, 3.63) is 46.7 Å². The number of rotatable bonds is 5. The summed E-state index contributed by atoms with van der Waals surface area (Å²) in [5.41, 5.74) is 4.34. The second-order valence-electron chi connectivity index (χ2n) is 8.94. The van der Waals surface area contributed by atoms with Crippen molar-refractivity contribution in [1.29, 1.82) is 0 Å². The average Bonchev–Trinajstić information content (AvgIpc) is 2.60. The van der Waals surface area contributed by atoms with E-state index in [0.717, 1.165) is 41.8 Å². The topological polar surface area (TPSA) is 55.7 Å². The smallest absolute Gasteiger partial charge is 0.315 e. The molecule has 1 aliphatic heterocycles. The van der Waals surface area contributed by atoms with Gasteiger partial charge in [0, 0.05) is 29.3 Å². The van der Waals surface area contributed by atoms with Gasteiger partial charge in [-0.25, -0.2) is 0 Å². The van der Waals surface area contributed by atoms with Gasteiger partial charge in [0.05, 0.1) is 6.61 Å². The van der Waals surface area contributed by atoms with Crippen LogP contribution in [0.25, 0.3) is 0 Å². The lowest BCUT2D eigenvalue weighted by Crippen LogP contribution is -2.39. The predicted molar refractivity (Wildman–Crippen MR) is 111 cm³/mol. The van der Waals surface area contributed by atoms with Crippen LogP contribution in [0.15, 0.2) is 40.5 Å². The van der Waals surface area contributed by atoms with Crippen molar-refractivity contribution in [3.63, 3.8) is 0 Å². The van der Waals surface area contributed by atoms with E-state index >= 15 is 0 Å². The molecule has 0 saturated heterocycles. The molecule has 4 nitrogen and oxygen atoms in total. The third kappa shape index (κ3) is 4.11. The van der Waals surface area contributed by atoms with Gasteiger partial charge in [0.1, 0.15) is 5.92 Å². The van der Waals surface area contributed by atoms with Crippen molar-refractivity contribution in [2.75, 3.05) is 6.61 Å². The molecular formula is C24H31NO3. The molecule has 0 fully saturated rings. The molecule has 1 aliphatic carbocycles. The molecule has 0 saturated carbocycles. The first-order valence-electron chi connectivity index (χ1n) is 10.3. The van der Waals surface area contributed by atoms with E-state index in [9.17, 15) is 9.59 Å². The summed E-state index contributed by atoms with van der Waals surface area (Å²) < 4.78 is 5.57. The predicted octanol–water partition coefficient (Wildman–Crippen LogP) is 5.16. The lowest BCUT2D eigenvalue weighted by molar-refractivity contribution is -0.146. The Morgan fingerprint density at radius 2 is 1.86 bits per heavy atom. The zero-order valence-electron chi connectivity index (χ0n) is 17.7. The molecule has 0 aromatic heterocycles. The standard InChI is InChI=1S/C24H31NO3/c1-6-7-12-28-23(27)20-16(3)25-18-13-24(4,5)14-19(26)22(18)21(20)17-10-8-15(2)9-11-17/h8-11,20-21H,6-7,12-14H2,1-5H3/t20?,21-/m0/s1. The van der Waals surface area contributed by atoms with E-state index in [0.29, 0.717) is 18.6 Å². The molecule has 28 heavy (non-hydrogen) atoms. The SMILES string of the molecule is CCCCOC(=O)C1C(C)=NC2=C(C(=O)CC(C)(C)C2)[C@H]1c1ccc(C)cc1. The fourth-order valence-electron chi connectivity index (χ4n) is 4.29. The molecule has 0 N–H and O–H groups in total. The van der Waals surface area contributed by atoms with Gasteiger partial charge in [0.2, 0.25) is 0 Å². The molecule has 0 radical (unpaired) electrons. The van der Waals surface area contributed by atoms with E-state index in [4.69, 9.17) is 9.73 Å². The van der Waals surface area contributed by atoms with Crippen LogP contribution in [0.2, 0.25) is 0 Å². The summed E-state index contributed by atoms with van der Waals surface area (Å²) in [5, 5.41) is 0. The number of ether oxygens (including phenoxy) is 1. The lowest BCUT2D eigenvalue weighted by atomic mass is 9.67. The second-order valence-corrected chi connectivity index (χ2v) is 8.94. The molecule has 1 heterocycles. The van der Waals surface area contributed by atoms with Gasteiger partial charge in [-0.05, 0) is 37.7 Å². The minimum Gasteiger partial charge on any atom is -0.465 e. The third-order valence-corrected chi connectivity index (χ3v) is 5.73. The van der Waals surface area contributed by atoms with Gasteiger partial charge >= 0.3 is 5.97 Å². The molecule has 1 aromatic rings. The first-order valence-corrected chi connectivity index (χ1v) is 10.3. The zero-order valence-corrected chi connectivity index (χ0v) is 17.7. The number of hydrogen-bond donors (Lipinski definition) is 0. The summed E-state index contributed by atoms with van der Waals surface area (Å²) in [4.78, 5) is 30.9. The Bertz CT molecular complexity index is 830. The van der Waals surface area contributed by atoms with Gasteiger partial charge in [-0.1, -0.05) is 57.0 Å². The van der Waals surface area contributed by atoms with Crippen LogP contribution in [-0.2, 0) is 14.3 Å². The number of aryl methyl sites for hydroxylation is 1. The van der Waals surface area contributed by atoms with E-state index in [2.05, 4.69) is 20.8 Å². The van der Waals surface area contributed by atoms with Gasteiger partial charge in [0.25, 0.3) is 0 Å². The van der Waals surface area contributed by atoms with Crippen LogP contribution < -0.4 is 0 Å². The Hall–Kier alpha value is -2.23. The van der Waals surface area contributed by atoms with E-state index < -0.39 is 5.92 Å². The summed E-state index contributed by atoms with van der Waals surface area (Å²) >= 11 is 0. The fraction of sp³-hybridized carbons (Fsp3) is 0.542. The van der Waals surface area contributed by atoms with E-state index in [1.54, 1.807) is 0 Å². The minimum absolute atomic E-state index is 0.105. The second kappa shape index (κ2) is 8.02. The fourth-order valence-corrected chi connectivity index (χ4v) is 4.29. The Morgan fingerprint density at radius 3 is 2.50 bits per heavy atom. The minimum atomic E-state index is -0.538. The Morgan fingerprint density at radius 1 is 1.18 bits per heavy atom. The number of allylic oxidation sites excluding steroid dienone is 2. The highest BCUT2D eigenvalue weighted by atomic mass is 16.5. The first kappa shape index (κ1) is 20.5. The number of benzene rings is 1. The number of aliphatic imine (C=N–C) groups is 1. The van der Waals surface area contributed by atoms with Gasteiger partial charge in [-0.3, -0.25) is 14.6 Å². The molecule has 0 bridgehead atoms. The summed E-state index contributed by atoms with van der Waals surface area (Å²) in [6.45, 7) is 10.6. The van der Waals surface area contributed by atoms with Gasteiger partial charge in [-0.15, -0.1) is 0 Å². The number of nitrogens with zero attached hydrogens (tertiary/aromatic N) is 1. The van der Waals surface area contributed by atoms with Crippen LogP contribution in [0.5, 0.6) is 0 Å². The van der Waals surface area contributed by atoms with Crippen molar-refractivity contribution >= 4 is 17.5 Å². The van der Waals surface area contributed by atoms with Crippen molar-refractivity contribution in [3.8, 4) is 0 Å². The monoisotopic (exact) mass is 381 g/mol. The van der Waals surface area contributed by atoms with Crippen LogP contribution in [0.3, 0.4) is 0 Å². The molecule has 1 aromatic carbocycles. The van der Waals surface area contributed by atoms with Crippen LogP contribution in [0.4, 0.5) is 0 Å². The molecule has 150 valence electrons. The Kier molecular flexibility index (Phi) is 5.87. The maximum atomic E-state index is 13.2. The van der Waals surface area contributed by atoms with Gasteiger partial charge in [-0.2, -0.15) is 0 Å². The Labute approximate surface area is 168 Å². The van der Waals surface area contributed by atoms with Crippen molar-refractivity contribution < 1.29 is 14.3 Å². The summed E-state index contributed by atoms with van der Waals surface area (Å²) in [5.74, 6) is -1.02. The highest BCUT2D eigenvalue weighted by Crippen LogP contribution is 2.47. The van der Waals surface area contributed by atoms with Crippen LogP contribution in [-0.4, -0.2) is 24.1 Å². The van der Waals surface area contributed by atoms with E-state index in [1.807, 2.05) is 38.1 Å². The van der Waals surface area contributed by atoms with Crippen LogP contribution in [0.1, 0.15) is 70.4 Å². The summed E-state index contributed by atoms with van der Waals surface area (Å²) in [6, 6.07) is 8.13. The number of esters is 1. The zero-order chi connectivity index (χ0) is 20.5. The molecule has 0 spiro atoms. The molecular weight excluding hydrogens is 350 g/mol. The molecule has 0 amide bonds. The van der Waals surface area contributed by atoms with Crippen LogP contribution >= 0.6 is 0 Å². The van der Waals surface area contributed by atoms with Gasteiger partial charge in [0.15, 0.2) is 5.78 Å². The molecule has 4 heteroatoms. The number of hydrogen-bond acceptors (Lipinski definition) is 4. The number of ketones is 1. The van der Waals surface area contributed by atoms with E-state index in [-0.39, 0.29) is 23.1 Å². The summed E-state index contributed by atoms with van der Waals surface area (Å²) in [7, 11) is 0. The number of unbranched alkanes of at least 4 members (excludes halogenated alkanes) is 1. The van der Waals surface area contributed by atoms with Crippen molar-refractivity contribution in [1.82, 2.24) is 0 Å². The van der Waals surface area contributed by atoms with Crippen molar-refractivity contribution in [2.45, 2.75) is 66.2 Å². The molecule has 2 atom stereocenters. The molecule has 2 aliphatic rings. The largest absolute Gasteiger partial charge is 0.465 e. The Balaban J connectivity index is 2.06. The van der Waals surface area contributed by atoms with E-state index in [1.165, 1.54) is 0 Å². The first-order chi connectivity index (χ1) is 13.2. The normalized spacial score (nSPS) is 23.9. The number of carbonyl (C=O) groups excluding carboxylic acids is 2. The highest BCUT2D eigenvalue weighted by Gasteiger charge is 2.45.